The van der Waals surface area contributed by atoms with Crippen molar-refractivity contribution in [1.82, 2.24) is 0 Å². The van der Waals surface area contributed by atoms with Gasteiger partial charge in [-0.25, -0.2) is 0 Å². The Morgan fingerprint density at radius 3 is 2.10 bits per heavy atom. The summed E-state index contributed by atoms with van der Waals surface area (Å²) in [5.41, 5.74) is 1.45. The summed E-state index contributed by atoms with van der Waals surface area (Å²) in [4.78, 5) is 24.4. The van der Waals surface area contributed by atoms with E-state index in [1.807, 2.05) is 43.3 Å². The molecule has 0 saturated carbocycles. The van der Waals surface area contributed by atoms with Crippen LogP contribution in [0, 0.1) is 5.92 Å². The molecule has 0 radical (unpaired) electrons. The first-order valence-electron chi connectivity index (χ1n) is 7.02. The van der Waals surface area contributed by atoms with Crippen LogP contribution in [0.25, 0.3) is 0 Å². The molecule has 0 aliphatic heterocycles. The van der Waals surface area contributed by atoms with Crippen molar-refractivity contribution >= 4 is 11.8 Å². The Labute approximate surface area is 124 Å². The van der Waals surface area contributed by atoms with Gasteiger partial charge in [0, 0.05) is 5.56 Å². The van der Waals surface area contributed by atoms with Gasteiger partial charge in [0.1, 0.15) is 12.5 Å². The molecule has 3 heteroatoms. The highest BCUT2D eigenvalue weighted by Crippen LogP contribution is 2.15. The molecule has 108 valence electrons. The number of hydrogen-bond donors (Lipinski definition) is 0. The Bertz CT molecular complexity index is 590. The summed E-state index contributed by atoms with van der Waals surface area (Å²) in [5.74, 6) is -1.39. The minimum Gasteiger partial charge on any atom is -0.460 e. The number of ketones is 1. The predicted octanol–water partition coefficient (Wildman–Crippen LogP) is 3.64. The average molecular weight is 282 g/mol. The first-order chi connectivity index (χ1) is 10.2. The summed E-state index contributed by atoms with van der Waals surface area (Å²) in [6, 6.07) is 18.3. The normalized spacial score (nSPS) is 11.7. The van der Waals surface area contributed by atoms with Crippen molar-refractivity contribution in [2.24, 2.45) is 5.92 Å². The molecular formula is C18H18O3. The smallest absolute Gasteiger partial charge is 0.317 e. The average Bonchev–Trinajstić information content (AvgIpc) is 2.55. The lowest BCUT2D eigenvalue weighted by molar-refractivity contribution is -0.148. The van der Waals surface area contributed by atoms with Gasteiger partial charge in [-0.3, -0.25) is 9.59 Å². The van der Waals surface area contributed by atoms with Crippen molar-refractivity contribution in [1.29, 1.82) is 0 Å². The highest BCUT2D eigenvalue weighted by molar-refractivity contribution is 6.08. The molecule has 1 unspecified atom stereocenters. The molecule has 1 atom stereocenters. The highest BCUT2D eigenvalue weighted by Gasteiger charge is 2.27. The van der Waals surface area contributed by atoms with Gasteiger partial charge in [-0.05, 0) is 12.0 Å². The molecule has 0 aliphatic rings. The lowest BCUT2D eigenvalue weighted by Gasteiger charge is -2.13. The van der Waals surface area contributed by atoms with Crippen molar-refractivity contribution in [3.63, 3.8) is 0 Å². The van der Waals surface area contributed by atoms with Crippen molar-refractivity contribution in [3.8, 4) is 0 Å². The van der Waals surface area contributed by atoms with Crippen LogP contribution in [0.15, 0.2) is 60.7 Å². The topological polar surface area (TPSA) is 43.4 Å². The lowest BCUT2D eigenvalue weighted by Crippen LogP contribution is -2.25. The minimum absolute atomic E-state index is 0.184. The summed E-state index contributed by atoms with van der Waals surface area (Å²) in [6.45, 7) is 2.01. The van der Waals surface area contributed by atoms with Gasteiger partial charge < -0.3 is 4.74 Å². The largest absolute Gasteiger partial charge is 0.460 e. The van der Waals surface area contributed by atoms with E-state index >= 15 is 0 Å². The van der Waals surface area contributed by atoms with Crippen molar-refractivity contribution < 1.29 is 14.3 Å². The zero-order chi connectivity index (χ0) is 15.1. The molecule has 0 amide bonds. The third-order valence-electron chi connectivity index (χ3n) is 3.29. The van der Waals surface area contributed by atoms with Gasteiger partial charge in [-0.1, -0.05) is 67.6 Å². The molecule has 0 N–H and O–H groups in total. The number of carbonyl (C=O) groups excluding carboxylic acids is 2. The van der Waals surface area contributed by atoms with Crippen molar-refractivity contribution in [2.45, 2.75) is 20.0 Å². The van der Waals surface area contributed by atoms with E-state index in [4.69, 9.17) is 4.74 Å². The van der Waals surface area contributed by atoms with Gasteiger partial charge in [0.05, 0.1) is 0 Å². The molecule has 2 aromatic carbocycles. The van der Waals surface area contributed by atoms with Crippen LogP contribution in [0.5, 0.6) is 0 Å². The second kappa shape index (κ2) is 7.39. The molecule has 0 fully saturated rings. The van der Waals surface area contributed by atoms with E-state index in [-0.39, 0.29) is 12.4 Å². The number of esters is 1. The number of carbonyl (C=O) groups is 2. The maximum Gasteiger partial charge on any atom is 0.317 e. The van der Waals surface area contributed by atoms with Crippen molar-refractivity contribution in [2.75, 3.05) is 0 Å². The second-order valence-electron chi connectivity index (χ2n) is 4.78. The lowest BCUT2D eigenvalue weighted by atomic mass is 9.95. The third kappa shape index (κ3) is 4.02. The van der Waals surface area contributed by atoms with Crippen LogP contribution in [0.2, 0.25) is 0 Å². The SMILES string of the molecule is CCC(C(=O)OCc1ccccc1)C(=O)c1ccccc1. The van der Waals surface area contributed by atoms with Gasteiger partial charge in [0.2, 0.25) is 0 Å². The van der Waals surface area contributed by atoms with E-state index in [2.05, 4.69) is 0 Å². The third-order valence-corrected chi connectivity index (χ3v) is 3.29. The van der Waals surface area contributed by atoms with Crippen LogP contribution in [0.4, 0.5) is 0 Å². The zero-order valence-electron chi connectivity index (χ0n) is 12.0. The van der Waals surface area contributed by atoms with Crippen LogP contribution in [0.1, 0.15) is 29.3 Å². The molecule has 0 aliphatic carbocycles. The fraction of sp³-hybridized carbons (Fsp3) is 0.222. The number of Topliss-reactive ketones (excluding diaryl/α,β-unsaturated/α-hetero) is 1. The van der Waals surface area contributed by atoms with Gasteiger partial charge in [-0.2, -0.15) is 0 Å². The summed E-state index contributed by atoms with van der Waals surface area (Å²) in [7, 11) is 0. The van der Waals surface area contributed by atoms with E-state index in [1.165, 1.54) is 0 Å². The zero-order valence-corrected chi connectivity index (χ0v) is 12.0. The molecule has 0 spiro atoms. The van der Waals surface area contributed by atoms with Crippen LogP contribution < -0.4 is 0 Å². The molecular weight excluding hydrogens is 264 g/mol. The monoisotopic (exact) mass is 282 g/mol. The first kappa shape index (κ1) is 15.0. The number of benzene rings is 2. The maximum absolute atomic E-state index is 12.3. The van der Waals surface area contributed by atoms with E-state index in [0.29, 0.717) is 12.0 Å². The Hall–Kier alpha value is -2.42. The summed E-state index contributed by atoms with van der Waals surface area (Å²) >= 11 is 0. The predicted molar refractivity (Wildman–Crippen MR) is 80.8 cm³/mol. The van der Waals surface area contributed by atoms with Gasteiger partial charge in [0.25, 0.3) is 0 Å². The highest BCUT2D eigenvalue weighted by atomic mass is 16.5. The fourth-order valence-corrected chi connectivity index (χ4v) is 2.09. The van der Waals surface area contributed by atoms with E-state index < -0.39 is 11.9 Å². The number of hydrogen-bond acceptors (Lipinski definition) is 3. The molecule has 0 heterocycles. The maximum atomic E-state index is 12.3. The fourth-order valence-electron chi connectivity index (χ4n) is 2.09. The van der Waals surface area contributed by atoms with E-state index in [1.54, 1.807) is 24.3 Å². The molecule has 2 aromatic rings. The summed E-state index contributed by atoms with van der Waals surface area (Å²) in [5, 5.41) is 0. The number of rotatable bonds is 6. The molecule has 3 nitrogen and oxygen atoms in total. The van der Waals surface area contributed by atoms with Gasteiger partial charge >= 0.3 is 5.97 Å². The number of ether oxygens (including phenoxy) is 1. The molecule has 0 bridgehead atoms. The van der Waals surface area contributed by atoms with E-state index in [9.17, 15) is 9.59 Å². The van der Waals surface area contributed by atoms with Crippen LogP contribution in [0.3, 0.4) is 0 Å². The summed E-state index contributed by atoms with van der Waals surface area (Å²) in [6.07, 6.45) is 0.432. The second-order valence-corrected chi connectivity index (χ2v) is 4.78. The standard InChI is InChI=1S/C18H18O3/c1-2-16(17(19)15-11-7-4-8-12-15)18(20)21-13-14-9-5-3-6-10-14/h3-12,16H,2,13H2,1H3. The van der Waals surface area contributed by atoms with Crippen LogP contribution in [-0.2, 0) is 16.1 Å². The minimum atomic E-state index is -0.740. The van der Waals surface area contributed by atoms with Gasteiger partial charge in [0.15, 0.2) is 5.78 Å². The van der Waals surface area contributed by atoms with Crippen LogP contribution >= 0.6 is 0 Å². The molecule has 21 heavy (non-hydrogen) atoms. The Morgan fingerprint density at radius 2 is 1.52 bits per heavy atom. The van der Waals surface area contributed by atoms with Gasteiger partial charge in [-0.15, -0.1) is 0 Å². The molecule has 0 aromatic heterocycles. The van der Waals surface area contributed by atoms with Crippen molar-refractivity contribution in [3.05, 3.63) is 71.8 Å². The quantitative estimate of drug-likeness (QED) is 0.461. The summed E-state index contributed by atoms with van der Waals surface area (Å²) < 4.78 is 5.26. The Balaban J connectivity index is 2.00. The molecule has 2 rings (SSSR count). The first-order valence-corrected chi connectivity index (χ1v) is 7.02. The van der Waals surface area contributed by atoms with E-state index in [0.717, 1.165) is 5.56 Å². The Morgan fingerprint density at radius 1 is 0.952 bits per heavy atom. The van der Waals surface area contributed by atoms with Crippen LogP contribution in [-0.4, -0.2) is 11.8 Å². The molecule has 0 saturated heterocycles. The Kier molecular flexibility index (Phi) is 5.27.